The largest absolute Gasteiger partial charge is 0.496 e. The van der Waals surface area contributed by atoms with E-state index in [0.29, 0.717) is 17.9 Å². The van der Waals surface area contributed by atoms with E-state index < -0.39 is 0 Å². The molecule has 0 bridgehead atoms. The average molecular weight is 354 g/mol. The molecule has 0 N–H and O–H groups in total. The molecule has 0 aliphatic rings. The second kappa shape index (κ2) is 9.09. The molecule has 1 unspecified atom stereocenters. The first-order valence-corrected chi connectivity index (χ1v) is 8.56. The first kappa shape index (κ1) is 19.6. The lowest BCUT2D eigenvalue weighted by atomic mass is 9.86. The van der Waals surface area contributed by atoms with Gasteiger partial charge in [0.2, 0.25) is 0 Å². The van der Waals surface area contributed by atoms with Crippen LogP contribution in [-0.4, -0.2) is 27.1 Å². The van der Waals surface area contributed by atoms with Gasteiger partial charge in [-0.05, 0) is 49.2 Å². The molecule has 2 rings (SSSR count). The molecule has 4 nitrogen and oxygen atoms in total. The normalized spacial score (nSPS) is 12.0. The van der Waals surface area contributed by atoms with Gasteiger partial charge < -0.3 is 14.2 Å². The highest BCUT2D eigenvalue weighted by Gasteiger charge is 2.19. The Morgan fingerprint density at radius 2 is 1.50 bits per heavy atom. The van der Waals surface area contributed by atoms with Crippen molar-refractivity contribution in [3.05, 3.63) is 59.2 Å². The van der Waals surface area contributed by atoms with Crippen molar-refractivity contribution in [3.8, 4) is 17.2 Å². The maximum atomic E-state index is 11.9. The van der Waals surface area contributed by atoms with Gasteiger partial charge in [-0.25, -0.2) is 0 Å². The molecule has 0 saturated heterocycles. The maximum absolute atomic E-state index is 11.9. The number of hydrogen-bond acceptors (Lipinski definition) is 4. The lowest BCUT2D eigenvalue weighted by Gasteiger charge is -2.20. The minimum absolute atomic E-state index is 0.0674. The topological polar surface area (TPSA) is 44.8 Å². The highest BCUT2D eigenvalue weighted by molar-refractivity contribution is 5.77. The SMILES string of the molecule is C/C=C\c1cc(C(CC(C)=O)c2ccc(OC)c(OC)c2)ccc1OC. The molecule has 26 heavy (non-hydrogen) atoms. The van der Waals surface area contributed by atoms with Gasteiger partial charge in [-0.1, -0.05) is 24.3 Å². The molecule has 138 valence electrons. The number of Topliss-reactive ketones (excluding diaryl/α,β-unsaturated/α-hetero) is 1. The third kappa shape index (κ3) is 4.45. The molecule has 0 fully saturated rings. The van der Waals surface area contributed by atoms with Crippen LogP contribution in [0.1, 0.15) is 42.9 Å². The van der Waals surface area contributed by atoms with Gasteiger partial charge in [0.25, 0.3) is 0 Å². The van der Waals surface area contributed by atoms with Gasteiger partial charge in [0.05, 0.1) is 21.3 Å². The molecule has 0 radical (unpaired) electrons. The Kier molecular flexibility index (Phi) is 6.84. The quantitative estimate of drug-likeness (QED) is 0.679. The van der Waals surface area contributed by atoms with E-state index in [0.717, 1.165) is 22.4 Å². The summed E-state index contributed by atoms with van der Waals surface area (Å²) in [7, 11) is 4.87. The fourth-order valence-electron chi connectivity index (χ4n) is 3.06. The molecule has 0 aliphatic heterocycles. The Bertz CT molecular complexity index is 793. The maximum Gasteiger partial charge on any atom is 0.161 e. The highest BCUT2D eigenvalue weighted by atomic mass is 16.5. The molecule has 0 heterocycles. The van der Waals surface area contributed by atoms with Gasteiger partial charge in [-0.2, -0.15) is 0 Å². The van der Waals surface area contributed by atoms with Gasteiger partial charge in [0.15, 0.2) is 11.5 Å². The Hall–Kier alpha value is -2.75. The molecule has 2 aromatic carbocycles. The van der Waals surface area contributed by atoms with E-state index in [1.165, 1.54) is 0 Å². The molecule has 0 amide bonds. The first-order chi connectivity index (χ1) is 12.5. The molecule has 4 heteroatoms. The van der Waals surface area contributed by atoms with E-state index in [-0.39, 0.29) is 11.7 Å². The fourth-order valence-corrected chi connectivity index (χ4v) is 3.06. The lowest BCUT2D eigenvalue weighted by Crippen LogP contribution is -2.07. The van der Waals surface area contributed by atoms with E-state index >= 15 is 0 Å². The summed E-state index contributed by atoms with van der Waals surface area (Å²) in [4.78, 5) is 11.9. The monoisotopic (exact) mass is 354 g/mol. The number of rotatable bonds is 8. The van der Waals surface area contributed by atoms with Crippen molar-refractivity contribution >= 4 is 11.9 Å². The third-order valence-corrected chi connectivity index (χ3v) is 4.30. The zero-order valence-corrected chi connectivity index (χ0v) is 16.0. The number of ether oxygens (including phenoxy) is 3. The summed E-state index contributed by atoms with van der Waals surface area (Å²) >= 11 is 0. The van der Waals surface area contributed by atoms with Crippen LogP contribution in [0.4, 0.5) is 0 Å². The van der Waals surface area contributed by atoms with Crippen LogP contribution in [0.2, 0.25) is 0 Å². The van der Waals surface area contributed by atoms with Crippen LogP contribution in [0.3, 0.4) is 0 Å². The van der Waals surface area contributed by atoms with Crippen LogP contribution >= 0.6 is 0 Å². The van der Waals surface area contributed by atoms with Gasteiger partial charge in [-0.3, -0.25) is 4.79 Å². The van der Waals surface area contributed by atoms with Crippen LogP contribution in [0.5, 0.6) is 17.2 Å². The van der Waals surface area contributed by atoms with Gasteiger partial charge in [0, 0.05) is 17.9 Å². The number of benzene rings is 2. The Balaban J connectivity index is 2.55. The Labute approximate surface area is 155 Å². The van der Waals surface area contributed by atoms with Crippen LogP contribution in [0.25, 0.3) is 6.08 Å². The minimum atomic E-state index is -0.0674. The highest BCUT2D eigenvalue weighted by Crippen LogP contribution is 2.36. The molecule has 0 aromatic heterocycles. The van der Waals surface area contributed by atoms with Crippen molar-refractivity contribution in [1.82, 2.24) is 0 Å². The van der Waals surface area contributed by atoms with E-state index in [9.17, 15) is 4.79 Å². The van der Waals surface area contributed by atoms with Gasteiger partial charge >= 0.3 is 0 Å². The number of methoxy groups -OCH3 is 3. The van der Waals surface area contributed by atoms with Crippen LogP contribution in [0.15, 0.2) is 42.5 Å². The van der Waals surface area contributed by atoms with Crippen LogP contribution in [0, 0.1) is 0 Å². The summed E-state index contributed by atoms with van der Waals surface area (Å²) < 4.78 is 16.2. The molecule has 0 saturated carbocycles. The van der Waals surface area contributed by atoms with Gasteiger partial charge in [0.1, 0.15) is 11.5 Å². The fraction of sp³-hybridized carbons (Fsp3) is 0.318. The predicted octanol–water partition coefficient (Wildman–Crippen LogP) is 4.86. The standard InChI is InChI=1S/C22H26O4/c1-6-7-18-13-16(8-10-20(18)24-3)19(12-15(2)23)17-9-11-21(25-4)22(14-17)26-5/h6-11,13-14,19H,12H2,1-5H3/b7-6-. The van der Waals surface area contributed by atoms with Crippen molar-refractivity contribution in [1.29, 1.82) is 0 Å². The number of allylic oxidation sites excluding steroid dienone is 1. The molecule has 0 aliphatic carbocycles. The summed E-state index contributed by atoms with van der Waals surface area (Å²) in [6.45, 7) is 3.58. The number of carbonyl (C=O) groups is 1. The number of hydrogen-bond donors (Lipinski definition) is 0. The summed E-state index contributed by atoms with van der Waals surface area (Å²) in [5.41, 5.74) is 3.05. The van der Waals surface area contributed by atoms with Crippen molar-refractivity contribution in [3.63, 3.8) is 0 Å². The molecular formula is C22H26O4. The predicted molar refractivity (Wildman–Crippen MR) is 104 cm³/mol. The van der Waals surface area contributed by atoms with Crippen LogP contribution in [-0.2, 0) is 4.79 Å². The molecule has 0 spiro atoms. The Morgan fingerprint density at radius 1 is 0.923 bits per heavy atom. The van der Waals surface area contributed by atoms with E-state index in [2.05, 4.69) is 6.07 Å². The van der Waals surface area contributed by atoms with Crippen LogP contribution < -0.4 is 14.2 Å². The number of ketones is 1. The zero-order valence-electron chi connectivity index (χ0n) is 16.0. The summed E-state index contributed by atoms with van der Waals surface area (Å²) in [5, 5.41) is 0. The first-order valence-electron chi connectivity index (χ1n) is 8.56. The van der Waals surface area contributed by atoms with Gasteiger partial charge in [-0.15, -0.1) is 0 Å². The van der Waals surface area contributed by atoms with Crippen molar-refractivity contribution in [2.24, 2.45) is 0 Å². The van der Waals surface area contributed by atoms with E-state index in [4.69, 9.17) is 14.2 Å². The van der Waals surface area contributed by atoms with Crippen molar-refractivity contribution in [2.75, 3.05) is 21.3 Å². The molecular weight excluding hydrogens is 328 g/mol. The zero-order chi connectivity index (χ0) is 19.1. The van der Waals surface area contributed by atoms with Crippen molar-refractivity contribution < 1.29 is 19.0 Å². The second-order valence-corrected chi connectivity index (χ2v) is 6.07. The second-order valence-electron chi connectivity index (χ2n) is 6.07. The minimum Gasteiger partial charge on any atom is -0.496 e. The van der Waals surface area contributed by atoms with E-state index in [1.807, 2.05) is 49.4 Å². The average Bonchev–Trinajstić information content (AvgIpc) is 2.65. The molecule has 1 atom stereocenters. The number of carbonyl (C=O) groups excluding carboxylic acids is 1. The van der Waals surface area contributed by atoms with Crippen molar-refractivity contribution in [2.45, 2.75) is 26.2 Å². The smallest absolute Gasteiger partial charge is 0.161 e. The summed E-state index contributed by atoms with van der Waals surface area (Å²) in [6, 6.07) is 11.8. The third-order valence-electron chi connectivity index (χ3n) is 4.30. The summed E-state index contributed by atoms with van der Waals surface area (Å²) in [6.07, 6.45) is 4.39. The van der Waals surface area contributed by atoms with E-state index in [1.54, 1.807) is 28.3 Å². The Morgan fingerprint density at radius 3 is 2.04 bits per heavy atom. The summed E-state index contributed by atoms with van der Waals surface area (Å²) in [5.74, 6) is 2.19. The lowest BCUT2D eigenvalue weighted by molar-refractivity contribution is -0.117. The molecule has 2 aromatic rings.